The van der Waals surface area contributed by atoms with Crippen LogP contribution in [0.4, 0.5) is 0 Å². The van der Waals surface area contributed by atoms with E-state index in [1.807, 2.05) is 6.92 Å². The van der Waals surface area contributed by atoms with E-state index in [1.54, 1.807) is 12.1 Å². The zero-order chi connectivity index (χ0) is 26.9. The summed E-state index contributed by atoms with van der Waals surface area (Å²) in [6, 6.07) is 6.61. The summed E-state index contributed by atoms with van der Waals surface area (Å²) in [5.74, 6) is -0.621. The molecule has 13 heteroatoms. The lowest BCUT2D eigenvalue weighted by Gasteiger charge is -2.36. The second-order valence-electron chi connectivity index (χ2n) is 8.44. The van der Waals surface area contributed by atoms with E-state index in [4.69, 9.17) is 9.47 Å². The third-order valence-corrected chi connectivity index (χ3v) is 7.31. The summed E-state index contributed by atoms with van der Waals surface area (Å²) in [7, 11) is -0.827. The van der Waals surface area contributed by atoms with Crippen LogP contribution in [0, 0.1) is 6.92 Å². The molecule has 0 unspecified atom stereocenters. The Morgan fingerprint density at radius 3 is 2.46 bits per heavy atom. The Morgan fingerprint density at radius 1 is 1.11 bits per heavy atom. The highest BCUT2D eigenvalue weighted by atomic mass is 32.2. The zero-order valence-corrected chi connectivity index (χ0v) is 21.9. The molecule has 2 aromatic rings. The zero-order valence-electron chi connectivity index (χ0n) is 21.0. The van der Waals surface area contributed by atoms with Crippen molar-refractivity contribution in [2.45, 2.75) is 30.2 Å². The first-order chi connectivity index (χ1) is 17.7. The van der Waals surface area contributed by atoms with Gasteiger partial charge >= 0.3 is 6.01 Å². The first kappa shape index (κ1) is 28.0. The van der Waals surface area contributed by atoms with Gasteiger partial charge in [-0.3, -0.25) is 9.59 Å². The number of hydrogen-bond donors (Lipinski definition) is 4. The Labute approximate surface area is 216 Å². The maximum absolute atomic E-state index is 13.1. The number of rotatable bonds is 11. The minimum absolute atomic E-state index is 0.00138. The van der Waals surface area contributed by atoms with Gasteiger partial charge in [0.1, 0.15) is 5.54 Å². The predicted molar refractivity (Wildman–Crippen MR) is 137 cm³/mol. The Kier molecular flexibility index (Phi) is 9.55. The van der Waals surface area contributed by atoms with Gasteiger partial charge in [0.25, 0.3) is 0 Å². The van der Waals surface area contributed by atoms with E-state index in [2.05, 4.69) is 30.6 Å². The van der Waals surface area contributed by atoms with Gasteiger partial charge in [-0.1, -0.05) is 17.7 Å². The molecule has 0 aliphatic carbocycles. The van der Waals surface area contributed by atoms with Crippen molar-refractivity contribution in [1.29, 1.82) is 0 Å². The molecule has 0 saturated carbocycles. The van der Waals surface area contributed by atoms with Gasteiger partial charge in [0.15, 0.2) is 0 Å². The normalized spacial score (nSPS) is 15.2. The van der Waals surface area contributed by atoms with Crippen LogP contribution in [-0.2, 0) is 19.6 Å². The molecule has 0 spiro atoms. The van der Waals surface area contributed by atoms with Gasteiger partial charge in [0.2, 0.25) is 27.7 Å². The average Bonchev–Trinajstić information content (AvgIpc) is 2.90. The van der Waals surface area contributed by atoms with Crippen LogP contribution in [0.3, 0.4) is 0 Å². The number of aromatic nitrogens is 2. The SMILES string of the molecule is COc1ncc(C=CC(=O)NC2(C(=O)NCCNS(=O)(=O)c3ccc(C)cc3)CCNCC2)c(OC)n1. The molecule has 1 aromatic carbocycles. The van der Waals surface area contributed by atoms with Gasteiger partial charge in [-0.25, -0.2) is 18.1 Å². The lowest BCUT2D eigenvalue weighted by atomic mass is 9.87. The van der Waals surface area contributed by atoms with Crippen LogP contribution in [0.1, 0.15) is 24.0 Å². The molecule has 3 rings (SSSR count). The number of ether oxygens (including phenoxy) is 2. The van der Waals surface area contributed by atoms with Crippen molar-refractivity contribution in [3.05, 3.63) is 47.7 Å². The van der Waals surface area contributed by atoms with E-state index in [1.165, 1.54) is 44.7 Å². The van der Waals surface area contributed by atoms with E-state index >= 15 is 0 Å². The standard InChI is InChI=1S/C24H32N6O6S/c1-17-4-7-19(8-5-17)37(33,34)28-15-14-26-22(32)24(10-12-25-13-11-24)30-20(31)9-6-18-16-27-23(36-3)29-21(18)35-2/h4-9,16,25,28H,10-15H2,1-3H3,(H,26,32)(H,30,31). The number of aryl methyl sites for hydroxylation is 1. The molecule has 2 amide bonds. The number of nitrogens with one attached hydrogen (secondary N) is 4. The van der Waals surface area contributed by atoms with Crippen molar-refractivity contribution in [3.63, 3.8) is 0 Å². The number of amides is 2. The Bertz CT molecular complexity index is 1230. The molecule has 2 heterocycles. The number of methoxy groups -OCH3 is 2. The van der Waals surface area contributed by atoms with Crippen LogP contribution in [0.5, 0.6) is 11.9 Å². The van der Waals surface area contributed by atoms with Crippen LogP contribution in [0.25, 0.3) is 6.08 Å². The number of sulfonamides is 1. The monoisotopic (exact) mass is 532 g/mol. The first-order valence-corrected chi connectivity index (χ1v) is 13.2. The van der Waals surface area contributed by atoms with Crippen LogP contribution in [-0.4, -0.2) is 76.1 Å². The Balaban J connectivity index is 1.60. The van der Waals surface area contributed by atoms with Crippen LogP contribution in [0.15, 0.2) is 41.4 Å². The third kappa shape index (κ3) is 7.47. The summed E-state index contributed by atoms with van der Waals surface area (Å²) in [5, 5.41) is 8.75. The largest absolute Gasteiger partial charge is 0.480 e. The minimum Gasteiger partial charge on any atom is -0.480 e. The van der Waals surface area contributed by atoms with Crippen LogP contribution < -0.4 is 30.1 Å². The van der Waals surface area contributed by atoms with Crippen molar-refractivity contribution >= 4 is 27.9 Å². The average molecular weight is 533 g/mol. The number of carbonyl (C=O) groups is 2. The lowest BCUT2D eigenvalue weighted by molar-refractivity contribution is -0.133. The number of piperidine rings is 1. The summed E-state index contributed by atoms with van der Waals surface area (Å²) < 4.78 is 37.5. The summed E-state index contributed by atoms with van der Waals surface area (Å²) in [6.45, 7) is 3.01. The molecule has 1 aliphatic heterocycles. The van der Waals surface area contributed by atoms with E-state index in [0.29, 0.717) is 31.5 Å². The molecule has 37 heavy (non-hydrogen) atoms. The molecule has 0 radical (unpaired) electrons. The predicted octanol–water partition coefficient (Wildman–Crippen LogP) is 0.149. The van der Waals surface area contributed by atoms with Gasteiger partial charge in [0, 0.05) is 25.4 Å². The smallest absolute Gasteiger partial charge is 0.319 e. The maximum Gasteiger partial charge on any atom is 0.319 e. The fourth-order valence-electron chi connectivity index (χ4n) is 3.77. The quantitative estimate of drug-likeness (QED) is 0.233. The summed E-state index contributed by atoms with van der Waals surface area (Å²) in [6.07, 6.45) is 4.98. The molecule has 1 saturated heterocycles. The molecule has 1 fully saturated rings. The number of carbonyl (C=O) groups excluding carboxylic acids is 2. The van der Waals surface area contributed by atoms with Crippen molar-refractivity contribution in [3.8, 4) is 11.9 Å². The van der Waals surface area contributed by atoms with Gasteiger partial charge < -0.3 is 25.4 Å². The van der Waals surface area contributed by atoms with E-state index in [0.717, 1.165) is 5.56 Å². The van der Waals surface area contributed by atoms with E-state index in [9.17, 15) is 18.0 Å². The Morgan fingerprint density at radius 2 is 1.81 bits per heavy atom. The van der Waals surface area contributed by atoms with Gasteiger partial charge in [-0.2, -0.15) is 4.98 Å². The van der Waals surface area contributed by atoms with Gasteiger partial charge in [-0.15, -0.1) is 0 Å². The molecule has 1 aromatic heterocycles. The highest BCUT2D eigenvalue weighted by Crippen LogP contribution is 2.21. The number of benzene rings is 1. The van der Waals surface area contributed by atoms with Crippen molar-refractivity contribution in [2.75, 3.05) is 40.4 Å². The maximum atomic E-state index is 13.1. The second kappa shape index (κ2) is 12.6. The summed E-state index contributed by atoms with van der Waals surface area (Å²) in [5.41, 5.74) is 0.276. The van der Waals surface area contributed by atoms with E-state index < -0.39 is 21.5 Å². The first-order valence-electron chi connectivity index (χ1n) is 11.7. The Hall–Kier alpha value is -3.55. The highest BCUT2D eigenvalue weighted by molar-refractivity contribution is 7.89. The van der Waals surface area contributed by atoms with Gasteiger partial charge in [-0.05, 0) is 51.1 Å². The molecular formula is C24H32N6O6S. The molecular weight excluding hydrogens is 500 g/mol. The molecule has 0 atom stereocenters. The van der Waals surface area contributed by atoms with Crippen molar-refractivity contribution in [2.24, 2.45) is 0 Å². The van der Waals surface area contributed by atoms with Crippen LogP contribution >= 0.6 is 0 Å². The lowest BCUT2D eigenvalue weighted by Crippen LogP contribution is -2.63. The second-order valence-corrected chi connectivity index (χ2v) is 10.2. The summed E-state index contributed by atoms with van der Waals surface area (Å²) >= 11 is 0. The number of hydrogen-bond acceptors (Lipinski definition) is 9. The van der Waals surface area contributed by atoms with E-state index in [-0.39, 0.29) is 35.8 Å². The van der Waals surface area contributed by atoms with Crippen LogP contribution in [0.2, 0.25) is 0 Å². The number of nitrogens with zero attached hydrogens (tertiary/aromatic N) is 2. The molecule has 1 aliphatic rings. The van der Waals surface area contributed by atoms with Crippen molar-refractivity contribution in [1.82, 2.24) is 30.6 Å². The highest BCUT2D eigenvalue weighted by Gasteiger charge is 2.40. The fourth-order valence-corrected chi connectivity index (χ4v) is 4.80. The topological polar surface area (TPSA) is 161 Å². The summed E-state index contributed by atoms with van der Waals surface area (Å²) in [4.78, 5) is 34.1. The molecule has 0 bridgehead atoms. The minimum atomic E-state index is -3.70. The molecule has 200 valence electrons. The molecule has 4 N–H and O–H groups in total. The van der Waals surface area contributed by atoms with Crippen molar-refractivity contribution < 1.29 is 27.5 Å². The third-order valence-electron chi connectivity index (χ3n) is 5.84. The fraction of sp³-hybridized carbons (Fsp3) is 0.417. The molecule has 12 nitrogen and oxygen atoms in total. The van der Waals surface area contributed by atoms with Gasteiger partial charge in [0.05, 0.1) is 24.7 Å².